The number of ether oxygens (including phenoxy) is 1. The number of rotatable bonds is 3. The van der Waals surface area contributed by atoms with Gasteiger partial charge in [-0.2, -0.15) is 0 Å². The molecule has 102 valence electrons. The molecule has 0 saturated carbocycles. The van der Waals surface area contributed by atoms with Gasteiger partial charge in [-0.25, -0.2) is 15.0 Å². The predicted molar refractivity (Wildman–Crippen MR) is 59.7 cm³/mol. The second-order valence-electron chi connectivity index (χ2n) is 4.11. The van der Waals surface area contributed by atoms with Gasteiger partial charge >= 0.3 is 0 Å². The SMILES string of the molecule is OC[C@H]1O[C@H](On2cnc3cncnc32)[C@H](O)[C@@H]1O. The van der Waals surface area contributed by atoms with Gasteiger partial charge in [0.1, 0.15) is 36.5 Å². The molecule has 3 rings (SSSR count). The van der Waals surface area contributed by atoms with Gasteiger partial charge in [0.05, 0.1) is 12.8 Å². The number of hydrogen-bond donors (Lipinski definition) is 3. The maximum Gasteiger partial charge on any atom is 0.254 e. The third-order valence-corrected chi connectivity index (χ3v) is 2.90. The summed E-state index contributed by atoms with van der Waals surface area (Å²) in [7, 11) is 0. The van der Waals surface area contributed by atoms with Crippen LogP contribution in [0.2, 0.25) is 0 Å². The van der Waals surface area contributed by atoms with Crippen LogP contribution in [0.5, 0.6) is 0 Å². The molecule has 1 aliphatic rings. The van der Waals surface area contributed by atoms with E-state index in [0.29, 0.717) is 11.2 Å². The Kier molecular flexibility index (Phi) is 3.03. The van der Waals surface area contributed by atoms with E-state index >= 15 is 0 Å². The fourth-order valence-electron chi connectivity index (χ4n) is 1.89. The van der Waals surface area contributed by atoms with Crippen molar-refractivity contribution >= 4 is 11.2 Å². The monoisotopic (exact) mass is 268 g/mol. The molecule has 3 N–H and O–H groups in total. The first-order valence-corrected chi connectivity index (χ1v) is 5.63. The van der Waals surface area contributed by atoms with Gasteiger partial charge in [-0.3, -0.25) is 0 Å². The average Bonchev–Trinajstić information content (AvgIpc) is 2.96. The number of hydrogen-bond acceptors (Lipinski definition) is 8. The molecular formula is C10H12N4O5. The minimum absolute atomic E-state index is 0.410. The van der Waals surface area contributed by atoms with E-state index in [0.717, 1.165) is 0 Å². The summed E-state index contributed by atoms with van der Waals surface area (Å²) in [4.78, 5) is 17.2. The molecule has 1 fully saturated rings. The van der Waals surface area contributed by atoms with E-state index in [1.165, 1.54) is 23.6 Å². The van der Waals surface area contributed by atoms with Gasteiger partial charge in [0.15, 0.2) is 5.65 Å². The fraction of sp³-hybridized carbons (Fsp3) is 0.500. The summed E-state index contributed by atoms with van der Waals surface area (Å²) in [5.41, 5.74) is 0.932. The Bertz CT molecular complexity index is 576. The summed E-state index contributed by atoms with van der Waals surface area (Å²) in [6.45, 7) is -0.412. The second-order valence-corrected chi connectivity index (χ2v) is 4.11. The molecule has 0 aromatic carbocycles. The lowest BCUT2D eigenvalue weighted by Gasteiger charge is -2.16. The number of nitrogens with zero attached hydrogens (tertiary/aromatic N) is 4. The van der Waals surface area contributed by atoms with Crippen LogP contribution in [-0.2, 0) is 4.74 Å². The van der Waals surface area contributed by atoms with E-state index in [1.807, 2.05) is 0 Å². The molecule has 1 aliphatic heterocycles. The normalized spacial score (nSPS) is 30.9. The molecule has 9 heteroatoms. The third-order valence-electron chi connectivity index (χ3n) is 2.90. The van der Waals surface area contributed by atoms with Crippen LogP contribution in [0.4, 0.5) is 0 Å². The van der Waals surface area contributed by atoms with Crippen molar-refractivity contribution in [3.63, 3.8) is 0 Å². The molecule has 1 saturated heterocycles. The standard InChI is InChI=1S/C10H12N4O5/c15-2-6-7(16)8(17)10(18-6)19-14-4-13-5-1-11-3-12-9(5)14/h1,3-4,6-8,10,15-17H,2H2/t6-,7-,8-,10-/m1/s1. The number of aliphatic hydroxyl groups is 3. The lowest BCUT2D eigenvalue weighted by atomic mass is 10.1. The molecule has 4 atom stereocenters. The van der Waals surface area contributed by atoms with Crippen LogP contribution in [0.1, 0.15) is 0 Å². The van der Waals surface area contributed by atoms with Crippen molar-refractivity contribution in [2.75, 3.05) is 6.61 Å². The number of imidazole rings is 1. The molecule has 2 aromatic rings. The van der Waals surface area contributed by atoms with Crippen molar-refractivity contribution in [1.29, 1.82) is 0 Å². The number of aromatic nitrogens is 4. The Hall–Kier alpha value is -1.81. The zero-order valence-electron chi connectivity index (χ0n) is 9.70. The summed E-state index contributed by atoms with van der Waals surface area (Å²) in [5, 5.41) is 28.3. The van der Waals surface area contributed by atoms with E-state index in [9.17, 15) is 10.2 Å². The van der Waals surface area contributed by atoms with Crippen LogP contribution in [0, 0.1) is 0 Å². The molecule has 0 unspecified atom stereocenters. The summed E-state index contributed by atoms with van der Waals surface area (Å²) in [6.07, 6.45) is -0.269. The van der Waals surface area contributed by atoms with Gasteiger partial charge in [0.25, 0.3) is 6.29 Å². The molecule has 9 nitrogen and oxygen atoms in total. The minimum atomic E-state index is -1.27. The zero-order chi connectivity index (χ0) is 13.4. The highest BCUT2D eigenvalue weighted by molar-refractivity contribution is 5.68. The van der Waals surface area contributed by atoms with Gasteiger partial charge in [-0.1, -0.05) is 0 Å². The highest BCUT2D eigenvalue weighted by atomic mass is 16.8. The van der Waals surface area contributed by atoms with Crippen LogP contribution in [0.25, 0.3) is 11.2 Å². The minimum Gasteiger partial charge on any atom is -0.394 e. The molecule has 3 heterocycles. The largest absolute Gasteiger partial charge is 0.394 e. The smallest absolute Gasteiger partial charge is 0.254 e. The van der Waals surface area contributed by atoms with Gasteiger partial charge in [0, 0.05) is 0 Å². The Morgan fingerprint density at radius 3 is 2.89 bits per heavy atom. The molecule has 0 amide bonds. The first kappa shape index (κ1) is 12.2. The van der Waals surface area contributed by atoms with Crippen molar-refractivity contribution in [3.05, 3.63) is 18.9 Å². The summed E-state index contributed by atoms with van der Waals surface area (Å²) in [6, 6.07) is 0. The lowest BCUT2D eigenvalue weighted by molar-refractivity contribution is -0.169. The fourth-order valence-corrected chi connectivity index (χ4v) is 1.89. The first-order chi connectivity index (χ1) is 9.20. The van der Waals surface area contributed by atoms with Crippen molar-refractivity contribution in [2.45, 2.75) is 24.6 Å². The third kappa shape index (κ3) is 2.02. The van der Waals surface area contributed by atoms with E-state index in [1.54, 1.807) is 0 Å². The summed E-state index contributed by atoms with van der Waals surface area (Å²) < 4.78 is 6.41. The molecular weight excluding hydrogens is 256 g/mol. The van der Waals surface area contributed by atoms with Crippen molar-refractivity contribution in [1.82, 2.24) is 19.7 Å². The molecule has 0 radical (unpaired) electrons. The van der Waals surface area contributed by atoms with Crippen molar-refractivity contribution in [3.8, 4) is 0 Å². The lowest BCUT2D eigenvalue weighted by Crippen LogP contribution is -2.38. The first-order valence-electron chi connectivity index (χ1n) is 5.63. The number of aliphatic hydroxyl groups excluding tert-OH is 3. The molecule has 2 aromatic heterocycles. The van der Waals surface area contributed by atoms with E-state index < -0.39 is 31.2 Å². The van der Waals surface area contributed by atoms with Crippen LogP contribution in [0.3, 0.4) is 0 Å². The van der Waals surface area contributed by atoms with Gasteiger partial charge in [0.2, 0.25) is 0 Å². The average molecular weight is 268 g/mol. The van der Waals surface area contributed by atoms with Crippen LogP contribution in [0.15, 0.2) is 18.9 Å². The topological polar surface area (TPSA) is 123 Å². The van der Waals surface area contributed by atoms with E-state index in [-0.39, 0.29) is 0 Å². The predicted octanol–water partition coefficient (Wildman–Crippen LogP) is -2.31. The van der Waals surface area contributed by atoms with Gasteiger partial charge in [-0.15, -0.1) is 4.73 Å². The van der Waals surface area contributed by atoms with E-state index in [4.69, 9.17) is 14.7 Å². The maximum absolute atomic E-state index is 9.75. The van der Waals surface area contributed by atoms with Crippen LogP contribution in [-0.4, -0.2) is 66.2 Å². The molecule has 0 bridgehead atoms. The number of fused-ring (bicyclic) bond motifs is 1. The summed E-state index contributed by atoms with van der Waals surface area (Å²) >= 11 is 0. The Morgan fingerprint density at radius 2 is 2.16 bits per heavy atom. The highest BCUT2D eigenvalue weighted by Gasteiger charge is 2.44. The molecule has 0 spiro atoms. The zero-order valence-corrected chi connectivity index (χ0v) is 9.70. The van der Waals surface area contributed by atoms with Gasteiger partial charge in [-0.05, 0) is 0 Å². The van der Waals surface area contributed by atoms with Crippen LogP contribution >= 0.6 is 0 Å². The van der Waals surface area contributed by atoms with Crippen molar-refractivity contribution in [2.24, 2.45) is 0 Å². The molecule has 19 heavy (non-hydrogen) atoms. The second kappa shape index (κ2) is 4.70. The Balaban J connectivity index is 1.82. The Labute approximate surface area is 107 Å². The summed E-state index contributed by atoms with van der Waals surface area (Å²) in [5.74, 6) is 0. The Morgan fingerprint density at radius 1 is 1.32 bits per heavy atom. The van der Waals surface area contributed by atoms with Crippen molar-refractivity contribution < 1.29 is 24.9 Å². The maximum atomic E-state index is 9.75. The van der Waals surface area contributed by atoms with Crippen LogP contribution < -0.4 is 4.84 Å². The molecule has 0 aliphatic carbocycles. The quantitative estimate of drug-likeness (QED) is 0.567. The van der Waals surface area contributed by atoms with E-state index in [2.05, 4.69) is 15.0 Å². The highest BCUT2D eigenvalue weighted by Crippen LogP contribution is 2.21. The van der Waals surface area contributed by atoms with Gasteiger partial charge < -0.3 is 24.9 Å².